The van der Waals surface area contributed by atoms with Crippen LogP contribution >= 0.6 is 0 Å². The van der Waals surface area contributed by atoms with Gasteiger partial charge in [-0.05, 0) is 34.0 Å². The van der Waals surface area contributed by atoms with Gasteiger partial charge in [0.2, 0.25) is 0 Å². The van der Waals surface area contributed by atoms with E-state index < -0.39 is 17.9 Å². The van der Waals surface area contributed by atoms with Gasteiger partial charge in [0, 0.05) is 13.1 Å². The standard InChI is InChI=1S/C13H25N3O4/c1-9(5-6-15(2)3)14-13(19)16(4)11-8-20-7-10(11)12(17)18/h9-11H,5-8H2,1-4H3,(H,14,19)(H,17,18). The van der Waals surface area contributed by atoms with Crippen LogP contribution in [0.15, 0.2) is 0 Å². The molecule has 0 bridgehead atoms. The van der Waals surface area contributed by atoms with E-state index in [0.29, 0.717) is 0 Å². The van der Waals surface area contributed by atoms with E-state index in [1.807, 2.05) is 21.0 Å². The molecular formula is C13H25N3O4. The molecule has 0 aromatic rings. The van der Waals surface area contributed by atoms with E-state index in [1.165, 1.54) is 4.90 Å². The van der Waals surface area contributed by atoms with Crippen LogP contribution in [-0.4, -0.2) is 79.9 Å². The molecule has 2 N–H and O–H groups in total. The highest BCUT2D eigenvalue weighted by Gasteiger charge is 2.38. The van der Waals surface area contributed by atoms with E-state index in [9.17, 15) is 9.59 Å². The van der Waals surface area contributed by atoms with Crippen LogP contribution < -0.4 is 5.32 Å². The summed E-state index contributed by atoms with van der Waals surface area (Å²) in [6.45, 7) is 3.26. The summed E-state index contributed by atoms with van der Waals surface area (Å²) in [5, 5.41) is 12.0. The number of rotatable bonds is 6. The molecule has 1 aliphatic rings. The average Bonchev–Trinajstić information content (AvgIpc) is 2.84. The van der Waals surface area contributed by atoms with E-state index >= 15 is 0 Å². The molecule has 1 fully saturated rings. The van der Waals surface area contributed by atoms with Crippen LogP contribution in [0.2, 0.25) is 0 Å². The first-order chi connectivity index (χ1) is 9.32. The second-order valence-electron chi connectivity index (χ2n) is 5.60. The highest BCUT2D eigenvalue weighted by Crippen LogP contribution is 2.19. The van der Waals surface area contributed by atoms with Crippen LogP contribution in [-0.2, 0) is 9.53 Å². The molecular weight excluding hydrogens is 262 g/mol. The summed E-state index contributed by atoms with van der Waals surface area (Å²) >= 11 is 0. The Bertz CT molecular complexity index is 349. The average molecular weight is 287 g/mol. The van der Waals surface area contributed by atoms with E-state index in [0.717, 1.165) is 13.0 Å². The summed E-state index contributed by atoms with van der Waals surface area (Å²) in [5.41, 5.74) is 0. The minimum Gasteiger partial charge on any atom is -0.481 e. The zero-order chi connectivity index (χ0) is 15.3. The third-order valence-corrected chi connectivity index (χ3v) is 3.56. The number of carbonyl (C=O) groups excluding carboxylic acids is 1. The van der Waals surface area contributed by atoms with Gasteiger partial charge in [-0.1, -0.05) is 0 Å². The summed E-state index contributed by atoms with van der Waals surface area (Å²) in [6, 6.07) is -0.621. The molecule has 1 saturated heterocycles. The monoisotopic (exact) mass is 287 g/mol. The van der Waals surface area contributed by atoms with Gasteiger partial charge in [0.1, 0.15) is 5.92 Å². The number of amides is 2. The van der Waals surface area contributed by atoms with Crippen molar-refractivity contribution in [1.82, 2.24) is 15.1 Å². The lowest BCUT2D eigenvalue weighted by atomic mass is 10.0. The third-order valence-electron chi connectivity index (χ3n) is 3.56. The van der Waals surface area contributed by atoms with Crippen molar-refractivity contribution >= 4 is 12.0 Å². The van der Waals surface area contributed by atoms with Crippen molar-refractivity contribution in [3.63, 3.8) is 0 Å². The number of likely N-dealkylation sites (N-methyl/N-ethyl adjacent to an activating group) is 1. The Morgan fingerprint density at radius 2 is 2.00 bits per heavy atom. The van der Waals surface area contributed by atoms with Gasteiger partial charge in [0.05, 0.1) is 19.3 Å². The van der Waals surface area contributed by atoms with Crippen molar-refractivity contribution in [3.8, 4) is 0 Å². The van der Waals surface area contributed by atoms with Crippen LogP contribution in [0, 0.1) is 5.92 Å². The third kappa shape index (κ3) is 4.64. The number of nitrogens with zero attached hydrogens (tertiary/aromatic N) is 2. The van der Waals surface area contributed by atoms with Gasteiger partial charge in [0.15, 0.2) is 0 Å². The first-order valence-corrected chi connectivity index (χ1v) is 6.81. The lowest BCUT2D eigenvalue weighted by Crippen LogP contribution is -2.50. The molecule has 20 heavy (non-hydrogen) atoms. The summed E-state index contributed by atoms with van der Waals surface area (Å²) in [5.74, 6) is -1.57. The molecule has 116 valence electrons. The highest BCUT2D eigenvalue weighted by molar-refractivity contribution is 5.77. The SMILES string of the molecule is CC(CCN(C)C)NC(=O)N(C)C1COCC1C(=O)O. The number of carbonyl (C=O) groups is 2. The fraction of sp³-hybridized carbons (Fsp3) is 0.846. The predicted octanol–water partition coefficient (Wildman–Crippen LogP) is 0.0676. The second-order valence-corrected chi connectivity index (χ2v) is 5.60. The molecule has 0 spiro atoms. The van der Waals surface area contributed by atoms with Gasteiger partial charge in [-0.2, -0.15) is 0 Å². The number of ether oxygens (including phenoxy) is 1. The smallest absolute Gasteiger partial charge is 0.317 e. The maximum Gasteiger partial charge on any atom is 0.317 e. The molecule has 2 amide bonds. The number of carboxylic acid groups (broad SMARTS) is 1. The van der Waals surface area contributed by atoms with Gasteiger partial charge < -0.3 is 25.0 Å². The number of aliphatic carboxylic acids is 1. The molecule has 1 rings (SSSR count). The molecule has 7 nitrogen and oxygen atoms in total. The van der Waals surface area contributed by atoms with Gasteiger partial charge in [-0.15, -0.1) is 0 Å². The van der Waals surface area contributed by atoms with Crippen LogP contribution in [0.4, 0.5) is 4.79 Å². The van der Waals surface area contributed by atoms with Crippen LogP contribution in [0.1, 0.15) is 13.3 Å². The summed E-state index contributed by atoms with van der Waals surface area (Å²) in [6.07, 6.45) is 0.843. The number of nitrogens with one attached hydrogen (secondary N) is 1. The second kappa shape index (κ2) is 7.44. The summed E-state index contributed by atoms with van der Waals surface area (Å²) in [4.78, 5) is 26.7. The van der Waals surface area contributed by atoms with Crippen molar-refractivity contribution in [2.45, 2.75) is 25.4 Å². The first-order valence-electron chi connectivity index (χ1n) is 6.81. The Kier molecular flexibility index (Phi) is 6.22. The zero-order valence-corrected chi connectivity index (χ0v) is 12.6. The Morgan fingerprint density at radius 3 is 2.55 bits per heavy atom. The summed E-state index contributed by atoms with van der Waals surface area (Å²) in [7, 11) is 5.57. The Balaban J connectivity index is 2.48. The van der Waals surface area contributed by atoms with E-state index in [-0.39, 0.29) is 25.3 Å². The number of carboxylic acids is 1. The Morgan fingerprint density at radius 1 is 1.35 bits per heavy atom. The molecule has 0 aliphatic carbocycles. The quantitative estimate of drug-likeness (QED) is 0.722. The Hall–Kier alpha value is -1.34. The van der Waals surface area contributed by atoms with Crippen LogP contribution in [0.5, 0.6) is 0 Å². The minimum absolute atomic E-state index is 0.0398. The molecule has 0 saturated carbocycles. The topological polar surface area (TPSA) is 82.1 Å². The molecule has 0 aromatic heterocycles. The fourth-order valence-electron chi connectivity index (χ4n) is 2.15. The van der Waals surface area contributed by atoms with E-state index in [1.54, 1.807) is 7.05 Å². The molecule has 3 atom stereocenters. The Labute approximate surface area is 119 Å². The molecule has 0 radical (unpaired) electrons. The number of urea groups is 1. The molecule has 1 aliphatic heterocycles. The molecule has 1 heterocycles. The molecule has 0 aromatic carbocycles. The number of hydrogen-bond acceptors (Lipinski definition) is 4. The molecule has 7 heteroatoms. The van der Waals surface area contributed by atoms with Crippen molar-refractivity contribution in [3.05, 3.63) is 0 Å². The van der Waals surface area contributed by atoms with E-state index in [2.05, 4.69) is 10.2 Å². The van der Waals surface area contributed by atoms with Crippen molar-refractivity contribution < 1.29 is 19.4 Å². The maximum atomic E-state index is 12.1. The predicted molar refractivity (Wildman–Crippen MR) is 74.7 cm³/mol. The maximum absolute atomic E-state index is 12.1. The van der Waals surface area contributed by atoms with Gasteiger partial charge in [-0.25, -0.2) is 4.79 Å². The summed E-state index contributed by atoms with van der Waals surface area (Å²) < 4.78 is 5.18. The first kappa shape index (κ1) is 16.7. The molecule has 3 unspecified atom stereocenters. The van der Waals surface area contributed by atoms with Crippen molar-refractivity contribution in [2.24, 2.45) is 5.92 Å². The van der Waals surface area contributed by atoms with Crippen LogP contribution in [0.3, 0.4) is 0 Å². The van der Waals surface area contributed by atoms with E-state index in [4.69, 9.17) is 9.84 Å². The van der Waals surface area contributed by atoms with Gasteiger partial charge >= 0.3 is 12.0 Å². The zero-order valence-electron chi connectivity index (χ0n) is 12.6. The van der Waals surface area contributed by atoms with Crippen molar-refractivity contribution in [1.29, 1.82) is 0 Å². The normalized spacial score (nSPS) is 23.6. The van der Waals surface area contributed by atoms with Crippen LogP contribution in [0.25, 0.3) is 0 Å². The van der Waals surface area contributed by atoms with Gasteiger partial charge in [-0.3, -0.25) is 4.79 Å². The lowest BCUT2D eigenvalue weighted by Gasteiger charge is -2.28. The number of hydrogen-bond donors (Lipinski definition) is 2. The minimum atomic E-state index is -0.923. The largest absolute Gasteiger partial charge is 0.481 e. The van der Waals surface area contributed by atoms with Gasteiger partial charge in [0.25, 0.3) is 0 Å². The highest BCUT2D eigenvalue weighted by atomic mass is 16.5. The van der Waals surface area contributed by atoms with Crippen molar-refractivity contribution in [2.75, 3.05) is 40.9 Å². The fourth-order valence-corrected chi connectivity index (χ4v) is 2.15. The lowest BCUT2D eigenvalue weighted by molar-refractivity contribution is -0.142.